The minimum Gasteiger partial charge on any atom is -0.483 e. The number of pyridine rings is 1. The molecule has 0 bridgehead atoms. The second kappa shape index (κ2) is 8.34. The minimum atomic E-state index is -0.577. The van der Waals surface area contributed by atoms with E-state index in [9.17, 15) is 9.59 Å². The maximum Gasteiger partial charge on any atom is 0.258 e. The average molecular weight is 392 g/mol. The molecule has 0 saturated heterocycles. The second-order valence-electron chi connectivity index (χ2n) is 7.36. The smallest absolute Gasteiger partial charge is 0.258 e. The van der Waals surface area contributed by atoms with Crippen LogP contribution in [0.1, 0.15) is 42.1 Å². The summed E-state index contributed by atoms with van der Waals surface area (Å²) in [6, 6.07) is 13.3. The molecule has 29 heavy (non-hydrogen) atoms. The van der Waals surface area contributed by atoms with Gasteiger partial charge in [0.15, 0.2) is 6.61 Å². The number of amides is 2. The van der Waals surface area contributed by atoms with Gasteiger partial charge in [-0.15, -0.1) is 0 Å². The number of carbonyl (C=O) groups is 2. The van der Waals surface area contributed by atoms with Gasteiger partial charge in [0.2, 0.25) is 0 Å². The molecule has 3 aromatic rings. The summed E-state index contributed by atoms with van der Waals surface area (Å²) in [4.78, 5) is 28.2. The van der Waals surface area contributed by atoms with Gasteiger partial charge in [0, 0.05) is 29.9 Å². The van der Waals surface area contributed by atoms with Crippen molar-refractivity contribution in [3.63, 3.8) is 0 Å². The predicted octanol–water partition coefficient (Wildman–Crippen LogP) is 2.81. The van der Waals surface area contributed by atoms with E-state index in [4.69, 9.17) is 10.5 Å². The molecule has 2 heterocycles. The number of aromatic nitrogens is 2. The summed E-state index contributed by atoms with van der Waals surface area (Å²) in [5.74, 6) is -0.446. The van der Waals surface area contributed by atoms with Gasteiger partial charge in [-0.05, 0) is 56.0 Å². The zero-order valence-corrected chi connectivity index (χ0v) is 16.1. The third kappa shape index (κ3) is 4.23. The minimum absolute atomic E-state index is 0.128. The zero-order chi connectivity index (χ0) is 20.2. The normalized spacial score (nSPS) is 19.0. The van der Waals surface area contributed by atoms with Crippen LogP contribution in [-0.4, -0.2) is 34.0 Å². The molecule has 2 amide bonds. The Morgan fingerprint density at radius 2 is 1.90 bits per heavy atom. The van der Waals surface area contributed by atoms with E-state index in [0.717, 1.165) is 36.7 Å². The van der Waals surface area contributed by atoms with Gasteiger partial charge >= 0.3 is 0 Å². The summed E-state index contributed by atoms with van der Waals surface area (Å²) in [7, 11) is 0. The first kappa shape index (κ1) is 19.0. The van der Waals surface area contributed by atoms with Crippen molar-refractivity contribution in [3.05, 3.63) is 60.4 Å². The molecular formula is C22H24N4O3. The number of primary amides is 1. The summed E-state index contributed by atoms with van der Waals surface area (Å²) < 4.78 is 7.75. The van der Waals surface area contributed by atoms with Gasteiger partial charge in [0.1, 0.15) is 11.4 Å². The highest BCUT2D eigenvalue weighted by atomic mass is 16.5. The van der Waals surface area contributed by atoms with Gasteiger partial charge in [-0.2, -0.15) is 0 Å². The Morgan fingerprint density at radius 1 is 1.10 bits per heavy atom. The summed E-state index contributed by atoms with van der Waals surface area (Å²) in [6.07, 6.45) is 7.70. The van der Waals surface area contributed by atoms with Gasteiger partial charge in [-0.25, -0.2) is 4.98 Å². The lowest BCUT2D eigenvalue weighted by Gasteiger charge is -2.30. The zero-order valence-electron chi connectivity index (χ0n) is 16.1. The van der Waals surface area contributed by atoms with E-state index in [1.54, 1.807) is 24.3 Å². The van der Waals surface area contributed by atoms with Gasteiger partial charge in [-0.1, -0.05) is 12.1 Å². The molecule has 1 aliphatic carbocycles. The Labute approximate surface area is 168 Å². The monoisotopic (exact) mass is 392 g/mol. The van der Waals surface area contributed by atoms with E-state index in [0.29, 0.717) is 11.8 Å². The van der Waals surface area contributed by atoms with E-state index < -0.39 is 5.91 Å². The van der Waals surface area contributed by atoms with E-state index in [2.05, 4.69) is 33.2 Å². The third-order valence-electron chi connectivity index (χ3n) is 5.44. The van der Waals surface area contributed by atoms with Crippen LogP contribution in [0.2, 0.25) is 0 Å². The number of fused-ring (bicyclic) bond motifs is 1. The Morgan fingerprint density at radius 3 is 2.69 bits per heavy atom. The highest BCUT2D eigenvalue weighted by Gasteiger charge is 2.24. The molecule has 4 rings (SSSR count). The summed E-state index contributed by atoms with van der Waals surface area (Å²) in [6.45, 7) is -0.142. The fraction of sp³-hybridized carbons (Fsp3) is 0.318. The van der Waals surface area contributed by atoms with E-state index >= 15 is 0 Å². The van der Waals surface area contributed by atoms with Crippen LogP contribution in [0.15, 0.2) is 54.9 Å². The quantitative estimate of drug-likeness (QED) is 0.674. The lowest BCUT2D eigenvalue weighted by molar-refractivity contribution is -0.124. The maximum atomic E-state index is 12.3. The van der Waals surface area contributed by atoms with Crippen molar-refractivity contribution in [2.45, 2.75) is 37.8 Å². The van der Waals surface area contributed by atoms with Crippen molar-refractivity contribution in [2.75, 3.05) is 6.61 Å². The van der Waals surface area contributed by atoms with Gasteiger partial charge in [0.25, 0.3) is 11.8 Å². The molecule has 2 aromatic heterocycles. The van der Waals surface area contributed by atoms with Crippen LogP contribution in [0.4, 0.5) is 0 Å². The number of carbonyl (C=O) groups excluding carboxylic acids is 2. The molecule has 1 fully saturated rings. The van der Waals surface area contributed by atoms with Crippen LogP contribution in [0.25, 0.3) is 11.0 Å². The molecule has 0 aliphatic heterocycles. The second-order valence-corrected chi connectivity index (χ2v) is 7.36. The molecule has 7 heteroatoms. The van der Waals surface area contributed by atoms with Gasteiger partial charge in [-0.3, -0.25) is 9.59 Å². The van der Waals surface area contributed by atoms with Crippen LogP contribution in [0, 0.1) is 0 Å². The van der Waals surface area contributed by atoms with E-state index in [-0.39, 0.29) is 24.1 Å². The summed E-state index contributed by atoms with van der Waals surface area (Å²) in [5, 5.41) is 4.19. The highest BCUT2D eigenvalue weighted by molar-refractivity contribution is 5.95. The van der Waals surface area contributed by atoms with Crippen molar-refractivity contribution in [2.24, 2.45) is 5.73 Å². The molecule has 1 aliphatic rings. The van der Waals surface area contributed by atoms with Crippen LogP contribution in [0.5, 0.6) is 5.75 Å². The molecule has 1 aromatic carbocycles. The number of benzene rings is 1. The van der Waals surface area contributed by atoms with Crippen molar-refractivity contribution >= 4 is 22.8 Å². The standard InChI is InChI=1S/C22H24N4O3/c23-21(28)18-5-1-2-6-19(18)29-14-20(27)25-16-7-9-17(10-8-16)26-13-11-15-4-3-12-24-22(15)26/h1-6,11-13,16-17H,7-10,14H2,(H2,23,28)(H,25,27). The molecule has 7 nitrogen and oxygen atoms in total. The van der Waals surface area contributed by atoms with E-state index in [1.807, 2.05) is 12.3 Å². The first-order valence-corrected chi connectivity index (χ1v) is 9.84. The van der Waals surface area contributed by atoms with Crippen molar-refractivity contribution < 1.29 is 14.3 Å². The molecule has 0 radical (unpaired) electrons. The number of ether oxygens (including phenoxy) is 1. The topological polar surface area (TPSA) is 99.2 Å². The summed E-state index contributed by atoms with van der Waals surface area (Å²) in [5.41, 5.74) is 6.62. The Hall–Kier alpha value is -3.35. The Kier molecular flexibility index (Phi) is 5.46. The lowest BCUT2D eigenvalue weighted by atomic mass is 9.91. The Bertz CT molecular complexity index is 1020. The maximum absolute atomic E-state index is 12.3. The van der Waals surface area contributed by atoms with Crippen LogP contribution < -0.4 is 15.8 Å². The number of nitrogens with zero attached hydrogens (tertiary/aromatic N) is 2. The SMILES string of the molecule is NC(=O)c1ccccc1OCC(=O)NC1CCC(n2ccc3cccnc32)CC1. The van der Waals surface area contributed by atoms with E-state index in [1.165, 1.54) is 0 Å². The number of hydrogen-bond donors (Lipinski definition) is 2. The third-order valence-corrected chi connectivity index (χ3v) is 5.44. The molecule has 150 valence electrons. The number of para-hydroxylation sites is 1. The molecule has 3 N–H and O–H groups in total. The van der Waals surface area contributed by atoms with Crippen molar-refractivity contribution in [1.82, 2.24) is 14.9 Å². The van der Waals surface area contributed by atoms with Crippen molar-refractivity contribution in [3.8, 4) is 5.75 Å². The summed E-state index contributed by atoms with van der Waals surface area (Å²) >= 11 is 0. The Balaban J connectivity index is 1.29. The predicted molar refractivity (Wildman–Crippen MR) is 110 cm³/mol. The van der Waals surface area contributed by atoms with Crippen LogP contribution >= 0.6 is 0 Å². The van der Waals surface area contributed by atoms with Crippen LogP contribution in [0.3, 0.4) is 0 Å². The largest absolute Gasteiger partial charge is 0.483 e. The number of nitrogens with one attached hydrogen (secondary N) is 1. The first-order valence-electron chi connectivity index (χ1n) is 9.84. The van der Waals surface area contributed by atoms with Crippen LogP contribution in [-0.2, 0) is 4.79 Å². The van der Waals surface area contributed by atoms with Gasteiger partial charge in [0.05, 0.1) is 5.56 Å². The fourth-order valence-corrected chi connectivity index (χ4v) is 3.99. The molecule has 1 saturated carbocycles. The van der Waals surface area contributed by atoms with Gasteiger partial charge < -0.3 is 20.4 Å². The molecular weight excluding hydrogens is 368 g/mol. The highest BCUT2D eigenvalue weighted by Crippen LogP contribution is 2.31. The van der Waals surface area contributed by atoms with Crippen molar-refractivity contribution in [1.29, 1.82) is 0 Å². The molecule has 0 atom stereocenters. The number of hydrogen-bond acceptors (Lipinski definition) is 4. The number of rotatable bonds is 6. The fourth-order valence-electron chi connectivity index (χ4n) is 3.99. The molecule has 0 spiro atoms. The first-order chi connectivity index (χ1) is 14.1. The lowest BCUT2D eigenvalue weighted by Crippen LogP contribution is -2.40. The molecule has 0 unspecified atom stereocenters. The number of nitrogens with two attached hydrogens (primary N) is 1. The average Bonchev–Trinajstić information content (AvgIpc) is 3.17.